The van der Waals surface area contributed by atoms with Crippen LogP contribution in [0.4, 0.5) is 0 Å². The van der Waals surface area contributed by atoms with Gasteiger partial charge in [-0.3, -0.25) is 9.69 Å². The molecule has 1 aliphatic heterocycles. The summed E-state index contributed by atoms with van der Waals surface area (Å²) in [5.41, 5.74) is 1.48. The fourth-order valence-electron chi connectivity index (χ4n) is 2.15. The molecule has 0 amide bonds. The second-order valence-electron chi connectivity index (χ2n) is 4.60. The maximum Gasteiger partial charge on any atom is 0.325 e. The predicted molar refractivity (Wildman–Crippen MR) is 76.0 cm³/mol. The average molecular weight is 319 g/mol. The molecule has 2 rings (SSSR count). The molecule has 1 aromatic heterocycles. The van der Waals surface area contributed by atoms with Crippen molar-refractivity contribution in [2.24, 2.45) is 0 Å². The van der Waals surface area contributed by atoms with Crippen molar-refractivity contribution >= 4 is 29.2 Å². The molecule has 1 aliphatic rings. The Bertz CT molecular complexity index is 487. The first kappa shape index (κ1) is 15.5. The zero-order chi connectivity index (χ0) is 14.7. The minimum Gasteiger partial charge on any atom is -0.468 e. The summed E-state index contributed by atoms with van der Waals surface area (Å²) in [6, 6.07) is 1.32. The van der Waals surface area contributed by atoms with Crippen LogP contribution < -0.4 is 0 Å². The smallest absolute Gasteiger partial charge is 0.325 e. The topological polar surface area (TPSA) is 51.7 Å². The molecular formula is C13H16Cl2N2O3. The van der Waals surface area contributed by atoms with Gasteiger partial charge in [-0.05, 0) is 13.0 Å². The van der Waals surface area contributed by atoms with Gasteiger partial charge in [0.25, 0.3) is 0 Å². The molecule has 2 heterocycles. The zero-order valence-electron chi connectivity index (χ0n) is 11.4. The van der Waals surface area contributed by atoms with E-state index in [1.807, 2.05) is 11.8 Å². The number of hydrogen-bond donors (Lipinski definition) is 0. The minimum absolute atomic E-state index is 0.307. The third-order valence-corrected chi connectivity index (χ3v) is 3.87. The van der Waals surface area contributed by atoms with Gasteiger partial charge in [0.1, 0.15) is 11.2 Å². The van der Waals surface area contributed by atoms with Crippen molar-refractivity contribution < 1.29 is 14.3 Å². The van der Waals surface area contributed by atoms with E-state index in [1.54, 1.807) is 6.07 Å². The SMILES string of the molecule is COC(=O)C1COCCN1Cc1c(Cl)cc(C)nc1Cl. The lowest BCUT2D eigenvalue weighted by Crippen LogP contribution is -2.49. The Kier molecular flexibility index (Phi) is 5.21. The van der Waals surface area contributed by atoms with Crippen LogP contribution in [0.25, 0.3) is 0 Å². The summed E-state index contributed by atoms with van der Waals surface area (Å²) in [5, 5.41) is 0.919. The highest BCUT2D eigenvalue weighted by Crippen LogP contribution is 2.26. The van der Waals surface area contributed by atoms with Gasteiger partial charge in [0, 0.05) is 29.4 Å². The van der Waals surface area contributed by atoms with E-state index in [9.17, 15) is 4.79 Å². The van der Waals surface area contributed by atoms with Crippen LogP contribution in [0.2, 0.25) is 10.2 Å². The highest BCUT2D eigenvalue weighted by molar-refractivity contribution is 6.35. The number of hydrogen-bond acceptors (Lipinski definition) is 5. The molecule has 1 atom stereocenters. The number of nitrogens with zero attached hydrogens (tertiary/aromatic N) is 2. The number of aryl methyl sites for hydroxylation is 1. The molecule has 1 saturated heterocycles. The second kappa shape index (κ2) is 6.72. The molecule has 5 nitrogen and oxygen atoms in total. The van der Waals surface area contributed by atoms with Crippen LogP contribution in [-0.4, -0.2) is 48.8 Å². The van der Waals surface area contributed by atoms with E-state index in [-0.39, 0.29) is 5.97 Å². The van der Waals surface area contributed by atoms with Gasteiger partial charge in [-0.25, -0.2) is 4.98 Å². The Hall–Kier alpha value is -0.880. The fourth-order valence-corrected chi connectivity index (χ4v) is 2.80. The van der Waals surface area contributed by atoms with Crippen LogP contribution in [0.15, 0.2) is 6.07 Å². The lowest BCUT2D eigenvalue weighted by molar-refractivity contribution is -0.153. The Morgan fingerprint density at radius 3 is 3.00 bits per heavy atom. The number of pyridine rings is 1. The zero-order valence-corrected chi connectivity index (χ0v) is 12.9. The molecule has 1 unspecified atom stereocenters. The maximum atomic E-state index is 11.8. The summed E-state index contributed by atoms with van der Waals surface area (Å²) < 4.78 is 10.1. The number of halogens is 2. The summed E-state index contributed by atoms with van der Waals surface area (Å²) in [5.74, 6) is -0.322. The van der Waals surface area contributed by atoms with Gasteiger partial charge < -0.3 is 9.47 Å². The standard InChI is InChI=1S/C13H16Cl2N2O3/c1-8-5-10(14)9(12(15)16-8)6-17-3-4-20-7-11(17)13(18)19-2/h5,11H,3-4,6-7H2,1-2H3. The largest absolute Gasteiger partial charge is 0.468 e. The van der Waals surface area contributed by atoms with Crippen molar-refractivity contribution in [2.45, 2.75) is 19.5 Å². The van der Waals surface area contributed by atoms with Crippen LogP contribution in [0, 0.1) is 6.92 Å². The molecule has 0 N–H and O–H groups in total. The number of ether oxygens (including phenoxy) is 2. The van der Waals surface area contributed by atoms with E-state index in [0.717, 1.165) is 11.3 Å². The molecule has 0 aliphatic carbocycles. The molecule has 0 spiro atoms. The van der Waals surface area contributed by atoms with Gasteiger partial charge in [0.15, 0.2) is 0 Å². The third kappa shape index (κ3) is 3.41. The Morgan fingerprint density at radius 1 is 1.60 bits per heavy atom. The van der Waals surface area contributed by atoms with Crippen LogP contribution in [-0.2, 0) is 20.8 Å². The molecule has 0 saturated carbocycles. The van der Waals surface area contributed by atoms with Crippen molar-refractivity contribution in [1.29, 1.82) is 0 Å². The van der Waals surface area contributed by atoms with E-state index >= 15 is 0 Å². The summed E-state index contributed by atoms with van der Waals surface area (Å²) in [7, 11) is 1.36. The van der Waals surface area contributed by atoms with Crippen LogP contribution in [0.1, 0.15) is 11.3 Å². The van der Waals surface area contributed by atoms with Gasteiger partial charge in [0.05, 0.1) is 20.3 Å². The van der Waals surface area contributed by atoms with Crippen molar-refractivity contribution in [3.05, 3.63) is 27.5 Å². The van der Waals surface area contributed by atoms with Crippen LogP contribution in [0.5, 0.6) is 0 Å². The van der Waals surface area contributed by atoms with Crippen molar-refractivity contribution in [3.63, 3.8) is 0 Å². The summed E-state index contributed by atoms with van der Waals surface area (Å²) in [6.07, 6.45) is 0. The van der Waals surface area contributed by atoms with Crippen molar-refractivity contribution in [2.75, 3.05) is 26.9 Å². The molecule has 7 heteroatoms. The third-order valence-electron chi connectivity index (χ3n) is 3.22. The van der Waals surface area contributed by atoms with E-state index in [4.69, 9.17) is 32.7 Å². The number of methoxy groups -OCH3 is 1. The highest BCUT2D eigenvalue weighted by Gasteiger charge is 2.31. The Balaban J connectivity index is 2.21. The lowest BCUT2D eigenvalue weighted by atomic mass is 10.1. The fraction of sp³-hybridized carbons (Fsp3) is 0.538. The second-order valence-corrected chi connectivity index (χ2v) is 5.36. The monoisotopic (exact) mass is 318 g/mol. The van der Waals surface area contributed by atoms with Gasteiger partial charge in [-0.1, -0.05) is 23.2 Å². The van der Waals surface area contributed by atoms with Crippen LogP contribution in [0.3, 0.4) is 0 Å². The normalized spacial score (nSPS) is 19.9. The summed E-state index contributed by atoms with van der Waals surface area (Å²) in [4.78, 5) is 17.9. The number of carbonyl (C=O) groups excluding carboxylic acids is 1. The average Bonchev–Trinajstić information content (AvgIpc) is 2.42. The molecule has 0 aromatic carbocycles. The van der Waals surface area contributed by atoms with Crippen LogP contribution >= 0.6 is 23.2 Å². The maximum absolute atomic E-state index is 11.8. The molecule has 1 fully saturated rings. The number of aromatic nitrogens is 1. The van der Waals surface area contributed by atoms with Crippen molar-refractivity contribution in [1.82, 2.24) is 9.88 Å². The van der Waals surface area contributed by atoms with Gasteiger partial charge >= 0.3 is 5.97 Å². The Morgan fingerprint density at radius 2 is 2.35 bits per heavy atom. The molecular weight excluding hydrogens is 303 g/mol. The lowest BCUT2D eigenvalue weighted by Gasteiger charge is -2.33. The predicted octanol–water partition coefficient (Wildman–Crippen LogP) is 2.07. The minimum atomic E-state index is -0.442. The molecule has 0 radical (unpaired) electrons. The first-order valence-corrected chi connectivity index (χ1v) is 6.99. The Labute approximate surface area is 127 Å². The van der Waals surface area contributed by atoms with Crippen molar-refractivity contribution in [3.8, 4) is 0 Å². The number of carbonyl (C=O) groups is 1. The highest BCUT2D eigenvalue weighted by atomic mass is 35.5. The molecule has 1 aromatic rings. The first-order chi connectivity index (χ1) is 9.52. The van der Waals surface area contributed by atoms with Gasteiger partial charge in [0.2, 0.25) is 0 Å². The molecule has 110 valence electrons. The quantitative estimate of drug-likeness (QED) is 0.631. The number of esters is 1. The first-order valence-electron chi connectivity index (χ1n) is 6.24. The van der Waals surface area contributed by atoms with E-state index in [1.165, 1.54) is 7.11 Å². The molecule has 20 heavy (non-hydrogen) atoms. The van der Waals surface area contributed by atoms with Gasteiger partial charge in [-0.15, -0.1) is 0 Å². The van der Waals surface area contributed by atoms with E-state index in [0.29, 0.717) is 36.5 Å². The summed E-state index contributed by atoms with van der Waals surface area (Å²) in [6.45, 7) is 3.74. The summed E-state index contributed by atoms with van der Waals surface area (Å²) >= 11 is 12.4. The van der Waals surface area contributed by atoms with Gasteiger partial charge in [-0.2, -0.15) is 0 Å². The van der Waals surface area contributed by atoms with E-state index in [2.05, 4.69) is 4.98 Å². The number of rotatable bonds is 3. The van der Waals surface area contributed by atoms with E-state index < -0.39 is 6.04 Å². The molecule has 0 bridgehead atoms. The number of morpholine rings is 1.